The Morgan fingerprint density at radius 2 is 1.82 bits per heavy atom. The molecule has 39 heavy (non-hydrogen) atoms. The second kappa shape index (κ2) is 13.1. The lowest BCUT2D eigenvalue weighted by Crippen LogP contribution is -2.52. The van der Waals surface area contributed by atoms with Crippen LogP contribution in [0.4, 0.5) is 4.79 Å². The molecular weight excluding hydrogens is 498 g/mol. The Morgan fingerprint density at radius 3 is 2.41 bits per heavy atom. The maximum atomic E-state index is 13.6. The molecule has 2 aromatic carbocycles. The Labute approximate surface area is 230 Å². The number of ether oxygens (including phenoxy) is 2. The number of hydrogen-bond acceptors (Lipinski definition) is 8. The van der Waals surface area contributed by atoms with Gasteiger partial charge < -0.3 is 20.5 Å². The van der Waals surface area contributed by atoms with Crippen molar-refractivity contribution in [2.75, 3.05) is 26.7 Å². The summed E-state index contributed by atoms with van der Waals surface area (Å²) in [4.78, 5) is 41.3. The second-order valence-electron chi connectivity index (χ2n) is 10.5. The van der Waals surface area contributed by atoms with Crippen molar-refractivity contribution < 1.29 is 23.9 Å². The third-order valence-corrected chi connectivity index (χ3v) is 6.88. The molecule has 1 heterocycles. The molecule has 212 valence electrons. The lowest BCUT2D eigenvalue weighted by Gasteiger charge is -2.38. The molecule has 10 heteroatoms. The van der Waals surface area contributed by atoms with E-state index in [-0.39, 0.29) is 18.1 Å². The fourth-order valence-corrected chi connectivity index (χ4v) is 4.56. The lowest BCUT2D eigenvalue weighted by atomic mass is 9.92. The predicted molar refractivity (Wildman–Crippen MR) is 150 cm³/mol. The van der Waals surface area contributed by atoms with Crippen LogP contribution in [0.25, 0.3) is 0 Å². The maximum absolute atomic E-state index is 13.6. The Balaban J connectivity index is 1.84. The summed E-state index contributed by atoms with van der Waals surface area (Å²) >= 11 is 0. The van der Waals surface area contributed by atoms with E-state index in [0.717, 1.165) is 17.4 Å². The molecule has 0 aliphatic carbocycles. The average molecular weight is 540 g/mol. The van der Waals surface area contributed by atoms with E-state index in [4.69, 9.17) is 15.2 Å². The van der Waals surface area contributed by atoms with Crippen molar-refractivity contribution in [3.8, 4) is 11.5 Å². The van der Waals surface area contributed by atoms with Crippen molar-refractivity contribution in [2.24, 2.45) is 5.73 Å². The summed E-state index contributed by atoms with van der Waals surface area (Å²) in [6, 6.07) is 11.7. The van der Waals surface area contributed by atoms with E-state index < -0.39 is 17.9 Å². The molecule has 0 fully saturated rings. The Kier molecular flexibility index (Phi) is 10.1. The first-order valence-electron chi connectivity index (χ1n) is 13.3. The summed E-state index contributed by atoms with van der Waals surface area (Å²) in [5, 5.41) is 5.96. The number of nitrogens with one attached hydrogen (secondary N) is 2. The van der Waals surface area contributed by atoms with Crippen molar-refractivity contribution in [1.29, 1.82) is 0 Å². The molecule has 2 aromatic rings. The van der Waals surface area contributed by atoms with Crippen LogP contribution in [0.5, 0.6) is 11.5 Å². The Morgan fingerprint density at radius 1 is 1.15 bits per heavy atom. The normalized spacial score (nSPS) is 16.0. The van der Waals surface area contributed by atoms with Gasteiger partial charge in [-0.2, -0.15) is 0 Å². The summed E-state index contributed by atoms with van der Waals surface area (Å²) in [6.07, 6.45) is 0.580. The topological polar surface area (TPSA) is 126 Å². The van der Waals surface area contributed by atoms with Crippen LogP contribution >= 0.6 is 0 Å². The van der Waals surface area contributed by atoms with Gasteiger partial charge >= 0.3 is 6.09 Å². The molecule has 1 aliphatic heterocycles. The van der Waals surface area contributed by atoms with Gasteiger partial charge in [-0.25, -0.2) is 4.79 Å². The number of rotatable bonds is 11. The van der Waals surface area contributed by atoms with Gasteiger partial charge in [0.25, 0.3) is 0 Å². The van der Waals surface area contributed by atoms with Crippen LogP contribution in [0, 0.1) is 0 Å². The fraction of sp³-hybridized carbons (Fsp3) is 0.483. The van der Waals surface area contributed by atoms with Crippen molar-refractivity contribution in [3.63, 3.8) is 0 Å². The van der Waals surface area contributed by atoms with E-state index in [0.29, 0.717) is 43.1 Å². The number of nitrogens with two attached hydrogens (primary N) is 1. The fourth-order valence-electron chi connectivity index (χ4n) is 4.56. The van der Waals surface area contributed by atoms with Crippen molar-refractivity contribution >= 4 is 18.3 Å². The van der Waals surface area contributed by atoms with Gasteiger partial charge in [0, 0.05) is 31.2 Å². The van der Waals surface area contributed by atoms with Crippen LogP contribution in [0.2, 0.25) is 0 Å². The first-order chi connectivity index (χ1) is 18.5. The van der Waals surface area contributed by atoms with Crippen LogP contribution in [-0.4, -0.2) is 72.7 Å². The summed E-state index contributed by atoms with van der Waals surface area (Å²) < 4.78 is 11.7. The van der Waals surface area contributed by atoms with E-state index in [1.54, 1.807) is 51.2 Å². The average Bonchev–Trinajstić information content (AvgIpc) is 2.89. The monoisotopic (exact) mass is 539 g/mol. The molecule has 2 atom stereocenters. The first-order valence-corrected chi connectivity index (χ1v) is 13.3. The standard InChI is InChI=1S/C29H41N5O5/c1-19(2)33(20(3)30)16-14-32-27(36)26-25-12-11-24(38-23-9-7-21(18-35)8-10-23)17-22(25)13-15-34(26)28(37)39-29(4,5)31-6/h7-12,17-20,26,31H,13-16,30H2,1-6H3,(H,32,36). The minimum atomic E-state index is -0.898. The van der Waals surface area contributed by atoms with E-state index in [1.807, 2.05) is 19.1 Å². The van der Waals surface area contributed by atoms with E-state index in [2.05, 4.69) is 29.4 Å². The maximum Gasteiger partial charge on any atom is 0.412 e. The lowest BCUT2D eigenvalue weighted by molar-refractivity contribution is -0.127. The molecule has 10 nitrogen and oxygen atoms in total. The number of amides is 2. The van der Waals surface area contributed by atoms with Crippen LogP contribution in [0.15, 0.2) is 42.5 Å². The summed E-state index contributed by atoms with van der Waals surface area (Å²) in [5.41, 5.74) is 7.38. The Hall–Kier alpha value is -3.47. The van der Waals surface area contributed by atoms with Gasteiger partial charge in [-0.05, 0) is 95.6 Å². The van der Waals surface area contributed by atoms with E-state index in [1.165, 1.54) is 4.90 Å². The smallest absolute Gasteiger partial charge is 0.412 e. The number of benzene rings is 2. The highest BCUT2D eigenvalue weighted by Gasteiger charge is 2.38. The van der Waals surface area contributed by atoms with Gasteiger partial charge in [0.15, 0.2) is 5.72 Å². The van der Waals surface area contributed by atoms with Crippen molar-refractivity contribution in [1.82, 2.24) is 20.4 Å². The van der Waals surface area contributed by atoms with Gasteiger partial charge in [0.1, 0.15) is 23.8 Å². The zero-order valence-electron chi connectivity index (χ0n) is 23.7. The quantitative estimate of drug-likeness (QED) is 0.293. The zero-order valence-corrected chi connectivity index (χ0v) is 23.7. The molecule has 2 unspecified atom stereocenters. The molecule has 0 bridgehead atoms. The van der Waals surface area contributed by atoms with Crippen molar-refractivity contribution in [3.05, 3.63) is 59.2 Å². The number of carbonyl (C=O) groups is 3. The minimum absolute atomic E-state index is 0.152. The van der Waals surface area contributed by atoms with Gasteiger partial charge in [-0.15, -0.1) is 0 Å². The van der Waals surface area contributed by atoms with Crippen LogP contribution in [0.1, 0.15) is 62.1 Å². The van der Waals surface area contributed by atoms with Crippen LogP contribution in [-0.2, 0) is 16.0 Å². The van der Waals surface area contributed by atoms with Crippen LogP contribution < -0.4 is 21.1 Å². The van der Waals surface area contributed by atoms with Gasteiger partial charge in [0.2, 0.25) is 5.91 Å². The van der Waals surface area contributed by atoms with Crippen molar-refractivity contribution in [2.45, 2.75) is 65.0 Å². The molecule has 0 saturated carbocycles. The number of carbonyl (C=O) groups excluding carboxylic acids is 3. The molecule has 3 rings (SSSR count). The summed E-state index contributed by atoms with van der Waals surface area (Å²) in [5.74, 6) is 0.902. The number of nitrogens with zero attached hydrogens (tertiary/aromatic N) is 2. The highest BCUT2D eigenvalue weighted by atomic mass is 16.6. The van der Waals surface area contributed by atoms with Gasteiger partial charge in [-0.1, -0.05) is 6.07 Å². The molecular formula is C29H41N5O5. The van der Waals surface area contributed by atoms with E-state index >= 15 is 0 Å². The van der Waals surface area contributed by atoms with E-state index in [9.17, 15) is 14.4 Å². The second-order valence-corrected chi connectivity index (χ2v) is 10.5. The highest BCUT2D eigenvalue weighted by molar-refractivity contribution is 5.88. The summed E-state index contributed by atoms with van der Waals surface area (Å²) in [7, 11) is 1.70. The van der Waals surface area contributed by atoms with Gasteiger partial charge in [0.05, 0.1) is 6.17 Å². The molecule has 0 spiro atoms. The zero-order chi connectivity index (χ0) is 28.7. The van der Waals surface area contributed by atoms with Gasteiger partial charge in [-0.3, -0.25) is 24.7 Å². The number of aldehydes is 1. The molecule has 0 saturated heterocycles. The summed E-state index contributed by atoms with van der Waals surface area (Å²) in [6.45, 7) is 10.8. The largest absolute Gasteiger partial charge is 0.457 e. The number of fused-ring (bicyclic) bond motifs is 1. The van der Waals surface area contributed by atoms with Crippen LogP contribution in [0.3, 0.4) is 0 Å². The third kappa shape index (κ3) is 7.78. The molecule has 4 N–H and O–H groups in total. The third-order valence-electron chi connectivity index (χ3n) is 6.88. The highest BCUT2D eigenvalue weighted by Crippen LogP contribution is 2.34. The minimum Gasteiger partial charge on any atom is -0.457 e. The first kappa shape index (κ1) is 30.1. The molecule has 0 aromatic heterocycles. The predicted octanol–water partition coefficient (Wildman–Crippen LogP) is 3.41. The molecule has 1 aliphatic rings. The number of hydrogen-bond donors (Lipinski definition) is 3. The molecule has 2 amide bonds. The Bertz CT molecular complexity index is 1140. The molecule has 0 radical (unpaired) electrons. The SMILES string of the molecule is CNC(C)(C)OC(=O)N1CCc2cc(Oc3ccc(C=O)cc3)ccc2C1C(=O)NCCN(C(C)C)C(C)N.